The molecule has 0 unspecified atom stereocenters. The van der Waals surface area contributed by atoms with Gasteiger partial charge in [0.25, 0.3) is 5.91 Å². The second kappa shape index (κ2) is 10.2. The Labute approximate surface area is 212 Å². The Kier molecular flexibility index (Phi) is 7.29. The topological polar surface area (TPSA) is 66.8 Å². The summed E-state index contributed by atoms with van der Waals surface area (Å²) in [7, 11) is 0. The van der Waals surface area contributed by atoms with Crippen LogP contribution in [0.3, 0.4) is 0 Å². The summed E-state index contributed by atoms with van der Waals surface area (Å²) in [6.45, 7) is 2.52. The Bertz CT molecular complexity index is 1210. The molecule has 1 atom stereocenters. The van der Waals surface area contributed by atoms with E-state index in [1.807, 2.05) is 60.7 Å². The Morgan fingerprint density at radius 2 is 1.85 bits per heavy atom. The number of carbonyl (C=O) groups is 2. The number of aliphatic carboxylic acids is 1. The van der Waals surface area contributed by atoms with Crippen molar-refractivity contribution < 1.29 is 19.4 Å². The molecule has 1 heterocycles. The first-order valence-corrected chi connectivity index (χ1v) is 12.2. The molecule has 1 N–H and O–H groups in total. The molecule has 0 aliphatic carbocycles. The average molecular weight is 543 g/mol. The predicted octanol–water partition coefficient (Wildman–Crippen LogP) is 6.16. The van der Waals surface area contributed by atoms with Crippen molar-refractivity contribution in [2.24, 2.45) is 0 Å². The van der Waals surface area contributed by atoms with Crippen molar-refractivity contribution in [2.75, 3.05) is 6.54 Å². The standard InChI is InChI=1S/C27H25BrClNO4/c1-27(15-18-5-8-23(29)9-6-18)16-21-14-20(7-10-24(21)34-27)26(33)30(12-11-25(31)32)17-19-3-2-4-22(28)13-19/h2-10,13-14H,11-12,15-17H2,1H3,(H,31,32)/t27-/m1/s1. The number of hydrogen-bond acceptors (Lipinski definition) is 3. The Balaban J connectivity index is 1.52. The maximum Gasteiger partial charge on any atom is 0.305 e. The van der Waals surface area contributed by atoms with Gasteiger partial charge in [0, 0.05) is 41.0 Å². The number of carboxylic acids is 1. The van der Waals surface area contributed by atoms with Gasteiger partial charge in [0.15, 0.2) is 0 Å². The van der Waals surface area contributed by atoms with E-state index in [1.54, 1.807) is 11.0 Å². The monoisotopic (exact) mass is 541 g/mol. The van der Waals surface area contributed by atoms with E-state index < -0.39 is 11.6 Å². The van der Waals surface area contributed by atoms with Crippen molar-refractivity contribution in [3.8, 4) is 5.75 Å². The molecule has 0 aromatic heterocycles. The summed E-state index contributed by atoms with van der Waals surface area (Å²) in [6.07, 6.45) is 1.27. The molecule has 0 fully saturated rings. The average Bonchev–Trinajstić information content (AvgIpc) is 3.12. The molecule has 7 heteroatoms. The minimum atomic E-state index is -0.938. The van der Waals surface area contributed by atoms with Crippen LogP contribution in [0.25, 0.3) is 0 Å². The first kappa shape index (κ1) is 24.3. The van der Waals surface area contributed by atoms with Crippen molar-refractivity contribution in [1.29, 1.82) is 0 Å². The van der Waals surface area contributed by atoms with E-state index in [9.17, 15) is 14.7 Å². The molecule has 0 spiro atoms. The number of carboxylic acid groups (broad SMARTS) is 1. The zero-order chi connectivity index (χ0) is 24.3. The van der Waals surface area contributed by atoms with Crippen molar-refractivity contribution in [3.05, 3.63) is 98.5 Å². The van der Waals surface area contributed by atoms with Crippen LogP contribution in [0.4, 0.5) is 0 Å². The largest absolute Gasteiger partial charge is 0.487 e. The zero-order valence-corrected chi connectivity index (χ0v) is 21.1. The van der Waals surface area contributed by atoms with Gasteiger partial charge in [0.2, 0.25) is 0 Å². The van der Waals surface area contributed by atoms with Crippen LogP contribution in [0.15, 0.2) is 71.2 Å². The lowest BCUT2D eigenvalue weighted by molar-refractivity contribution is -0.137. The Morgan fingerprint density at radius 1 is 1.09 bits per heavy atom. The molecule has 0 radical (unpaired) electrons. The molecule has 0 saturated heterocycles. The Morgan fingerprint density at radius 3 is 2.56 bits per heavy atom. The third-order valence-electron chi connectivity index (χ3n) is 5.86. The highest BCUT2D eigenvalue weighted by Gasteiger charge is 2.35. The molecule has 176 valence electrons. The normalized spacial score (nSPS) is 16.6. The summed E-state index contributed by atoms with van der Waals surface area (Å²) in [5.41, 5.74) is 3.14. The molecule has 1 aliphatic rings. The lowest BCUT2D eigenvalue weighted by Crippen LogP contribution is -2.33. The third kappa shape index (κ3) is 5.99. The van der Waals surface area contributed by atoms with E-state index in [4.69, 9.17) is 16.3 Å². The highest BCUT2D eigenvalue weighted by molar-refractivity contribution is 9.10. The van der Waals surface area contributed by atoms with Crippen LogP contribution in [-0.4, -0.2) is 34.0 Å². The lowest BCUT2D eigenvalue weighted by Gasteiger charge is -2.24. The number of benzene rings is 3. The van der Waals surface area contributed by atoms with Gasteiger partial charge < -0.3 is 14.7 Å². The molecule has 3 aromatic carbocycles. The maximum absolute atomic E-state index is 13.4. The van der Waals surface area contributed by atoms with Crippen LogP contribution >= 0.6 is 27.5 Å². The van der Waals surface area contributed by atoms with Gasteiger partial charge in [0.05, 0.1) is 6.42 Å². The number of ether oxygens (including phenoxy) is 1. The van der Waals surface area contributed by atoms with E-state index >= 15 is 0 Å². The van der Waals surface area contributed by atoms with Crippen molar-refractivity contribution in [1.82, 2.24) is 4.90 Å². The van der Waals surface area contributed by atoms with Crippen LogP contribution in [-0.2, 0) is 24.2 Å². The summed E-state index contributed by atoms with van der Waals surface area (Å²) in [4.78, 5) is 26.2. The number of rotatable bonds is 8. The quantitative estimate of drug-likeness (QED) is 0.370. The first-order valence-electron chi connectivity index (χ1n) is 11.0. The van der Waals surface area contributed by atoms with Gasteiger partial charge in [-0.1, -0.05) is 51.8 Å². The van der Waals surface area contributed by atoms with Crippen molar-refractivity contribution >= 4 is 39.4 Å². The number of halogens is 2. The van der Waals surface area contributed by atoms with Crippen LogP contribution in [0.5, 0.6) is 5.75 Å². The molecule has 0 saturated carbocycles. The minimum Gasteiger partial charge on any atom is -0.487 e. The number of nitrogens with zero attached hydrogens (tertiary/aromatic N) is 1. The van der Waals surface area contributed by atoms with Crippen LogP contribution < -0.4 is 4.74 Å². The van der Waals surface area contributed by atoms with Crippen LogP contribution in [0.2, 0.25) is 5.02 Å². The number of hydrogen-bond donors (Lipinski definition) is 1. The molecule has 4 rings (SSSR count). The second-order valence-corrected chi connectivity index (χ2v) is 10.2. The van der Waals surface area contributed by atoms with Gasteiger partial charge in [-0.15, -0.1) is 0 Å². The summed E-state index contributed by atoms with van der Waals surface area (Å²) >= 11 is 9.45. The molecule has 0 bridgehead atoms. The molecule has 1 aliphatic heterocycles. The van der Waals surface area contributed by atoms with E-state index in [2.05, 4.69) is 22.9 Å². The number of carbonyl (C=O) groups excluding carboxylic acids is 1. The molecule has 1 amide bonds. The van der Waals surface area contributed by atoms with Gasteiger partial charge in [-0.25, -0.2) is 0 Å². The number of fused-ring (bicyclic) bond motifs is 1. The van der Waals surface area contributed by atoms with E-state index in [0.717, 1.165) is 33.3 Å². The summed E-state index contributed by atoms with van der Waals surface area (Å²) < 4.78 is 7.18. The minimum absolute atomic E-state index is 0.118. The second-order valence-electron chi connectivity index (χ2n) is 8.85. The predicted molar refractivity (Wildman–Crippen MR) is 135 cm³/mol. The Hall–Kier alpha value is -2.83. The fraction of sp³-hybridized carbons (Fsp3) is 0.259. The molecule has 3 aromatic rings. The van der Waals surface area contributed by atoms with E-state index in [0.29, 0.717) is 23.6 Å². The van der Waals surface area contributed by atoms with Gasteiger partial charge in [-0.3, -0.25) is 9.59 Å². The first-order chi connectivity index (χ1) is 16.2. The van der Waals surface area contributed by atoms with Gasteiger partial charge in [-0.05, 0) is 66.1 Å². The lowest BCUT2D eigenvalue weighted by atomic mass is 9.91. The SMILES string of the molecule is C[C@@]1(Cc2ccc(Cl)cc2)Cc2cc(C(=O)N(CCC(=O)O)Cc3cccc(Br)c3)ccc2O1. The van der Waals surface area contributed by atoms with E-state index in [1.165, 1.54) is 0 Å². The fourth-order valence-corrected chi connectivity index (χ4v) is 4.88. The van der Waals surface area contributed by atoms with Crippen molar-refractivity contribution in [3.63, 3.8) is 0 Å². The summed E-state index contributed by atoms with van der Waals surface area (Å²) in [5.74, 6) is -0.361. The molecule has 34 heavy (non-hydrogen) atoms. The van der Waals surface area contributed by atoms with Gasteiger partial charge in [-0.2, -0.15) is 0 Å². The summed E-state index contributed by atoms with van der Waals surface area (Å²) in [6, 6.07) is 20.9. The molecular formula is C27H25BrClNO4. The van der Waals surface area contributed by atoms with Crippen molar-refractivity contribution in [2.45, 2.75) is 38.3 Å². The zero-order valence-electron chi connectivity index (χ0n) is 18.8. The molecular weight excluding hydrogens is 518 g/mol. The number of amides is 1. The van der Waals surface area contributed by atoms with Gasteiger partial charge >= 0.3 is 5.97 Å². The van der Waals surface area contributed by atoms with E-state index in [-0.39, 0.29) is 18.9 Å². The third-order valence-corrected chi connectivity index (χ3v) is 6.61. The highest BCUT2D eigenvalue weighted by atomic mass is 79.9. The highest BCUT2D eigenvalue weighted by Crippen LogP contribution is 2.38. The van der Waals surface area contributed by atoms with Crippen LogP contribution in [0, 0.1) is 0 Å². The van der Waals surface area contributed by atoms with Gasteiger partial charge in [0.1, 0.15) is 11.4 Å². The smallest absolute Gasteiger partial charge is 0.305 e. The summed E-state index contributed by atoms with van der Waals surface area (Å²) in [5, 5.41) is 9.87. The maximum atomic E-state index is 13.4. The van der Waals surface area contributed by atoms with Crippen LogP contribution in [0.1, 0.15) is 40.4 Å². The molecule has 5 nitrogen and oxygen atoms in total. The fourth-order valence-electron chi connectivity index (χ4n) is 4.31.